The van der Waals surface area contributed by atoms with Crippen LogP contribution >= 0.6 is 22.7 Å². The highest BCUT2D eigenvalue weighted by molar-refractivity contribution is 7.08. The highest BCUT2D eigenvalue weighted by Crippen LogP contribution is 2.03. The van der Waals surface area contributed by atoms with Gasteiger partial charge in [-0.05, 0) is 64.5 Å². The molecule has 0 spiro atoms. The first-order valence-corrected chi connectivity index (χ1v) is 8.46. The molecule has 2 rings (SSSR count). The molecular weight excluding hydrogens is 256 g/mol. The third kappa shape index (κ3) is 10.5. The molecule has 0 aliphatic heterocycles. The number of aryl methyl sites for hydroxylation is 2. The summed E-state index contributed by atoms with van der Waals surface area (Å²) in [5, 5.41) is 8.41. The zero-order valence-electron chi connectivity index (χ0n) is 12.3. The van der Waals surface area contributed by atoms with Crippen LogP contribution < -0.4 is 0 Å². The highest BCUT2D eigenvalue weighted by Gasteiger charge is 1.88. The molecule has 0 aromatic carbocycles. The molecule has 0 amide bonds. The van der Waals surface area contributed by atoms with E-state index in [0.29, 0.717) is 0 Å². The van der Waals surface area contributed by atoms with Crippen molar-refractivity contribution in [3.63, 3.8) is 0 Å². The third-order valence-corrected chi connectivity index (χ3v) is 4.32. The van der Waals surface area contributed by atoms with Crippen LogP contribution in [-0.2, 0) is 0 Å². The van der Waals surface area contributed by atoms with Gasteiger partial charge < -0.3 is 0 Å². The van der Waals surface area contributed by atoms with Gasteiger partial charge in [0.1, 0.15) is 0 Å². The lowest BCUT2D eigenvalue weighted by Gasteiger charge is -1.98. The van der Waals surface area contributed by atoms with Gasteiger partial charge in [-0.25, -0.2) is 0 Å². The fourth-order valence-electron chi connectivity index (χ4n) is 0.954. The van der Waals surface area contributed by atoms with Gasteiger partial charge in [0, 0.05) is 0 Å². The molecule has 2 aromatic heterocycles. The van der Waals surface area contributed by atoms with Crippen molar-refractivity contribution in [3.8, 4) is 0 Å². The molecule has 0 radical (unpaired) electrons. The van der Waals surface area contributed by atoms with E-state index in [4.69, 9.17) is 0 Å². The van der Waals surface area contributed by atoms with Crippen molar-refractivity contribution in [2.24, 2.45) is 5.92 Å². The maximum absolute atomic E-state index is 2.28. The summed E-state index contributed by atoms with van der Waals surface area (Å²) >= 11 is 3.48. The van der Waals surface area contributed by atoms with Crippen LogP contribution in [0.3, 0.4) is 0 Å². The van der Waals surface area contributed by atoms with Crippen molar-refractivity contribution < 1.29 is 0 Å². The molecule has 0 unspecified atom stereocenters. The maximum Gasteiger partial charge on any atom is -0.00641 e. The second-order valence-corrected chi connectivity index (χ2v) is 6.08. The van der Waals surface area contributed by atoms with E-state index in [1.807, 2.05) is 0 Å². The first-order valence-electron chi connectivity index (χ1n) is 6.57. The SMILES string of the molecule is CCC(C)CC.Cc1ccsc1.Cc1ccsc1. The predicted octanol–water partition coefficient (Wildman–Crippen LogP) is 6.56. The van der Waals surface area contributed by atoms with Gasteiger partial charge in [0.15, 0.2) is 0 Å². The van der Waals surface area contributed by atoms with Crippen LogP contribution in [0.4, 0.5) is 0 Å². The average Bonchev–Trinajstić information content (AvgIpc) is 3.03. The molecule has 0 bridgehead atoms. The summed E-state index contributed by atoms with van der Waals surface area (Å²) < 4.78 is 0. The number of thiophene rings is 2. The Hall–Kier alpha value is -0.600. The second-order valence-electron chi connectivity index (χ2n) is 4.52. The normalized spacial score (nSPS) is 9.22. The van der Waals surface area contributed by atoms with Crippen molar-refractivity contribution in [3.05, 3.63) is 44.8 Å². The average molecular weight is 283 g/mol. The standard InChI is InChI=1S/C6H14.2C5H6S/c1-4-6(3)5-2;2*1-5-2-3-6-4-5/h6H,4-5H2,1-3H3;2*2-4H,1H3. The molecule has 0 fully saturated rings. The molecule has 0 saturated heterocycles. The Labute approximate surface area is 121 Å². The molecule has 2 heteroatoms. The molecule has 0 aliphatic rings. The zero-order chi connectivity index (χ0) is 13.8. The molecule has 102 valence electrons. The van der Waals surface area contributed by atoms with Crippen LogP contribution in [0.1, 0.15) is 44.7 Å². The zero-order valence-corrected chi connectivity index (χ0v) is 13.9. The molecule has 0 atom stereocenters. The summed E-state index contributed by atoms with van der Waals surface area (Å²) in [6.45, 7) is 10.9. The minimum atomic E-state index is 0.935. The van der Waals surface area contributed by atoms with Crippen LogP contribution in [0, 0.1) is 19.8 Å². The lowest BCUT2D eigenvalue weighted by atomic mass is 10.1. The van der Waals surface area contributed by atoms with Crippen LogP contribution in [0.5, 0.6) is 0 Å². The van der Waals surface area contributed by atoms with Crippen molar-refractivity contribution in [2.75, 3.05) is 0 Å². The van der Waals surface area contributed by atoms with E-state index in [0.717, 1.165) is 5.92 Å². The molecule has 18 heavy (non-hydrogen) atoms. The quantitative estimate of drug-likeness (QED) is 0.585. The van der Waals surface area contributed by atoms with E-state index < -0.39 is 0 Å². The van der Waals surface area contributed by atoms with Crippen molar-refractivity contribution in [1.82, 2.24) is 0 Å². The first kappa shape index (κ1) is 17.4. The van der Waals surface area contributed by atoms with E-state index in [1.165, 1.54) is 24.0 Å². The van der Waals surface area contributed by atoms with Gasteiger partial charge in [-0.2, -0.15) is 22.7 Å². The van der Waals surface area contributed by atoms with Crippen molar-refractivity contribution in [2.45, 2.75) is 47.5 Å². The second kappa shape index (κ2) is 11.5. The molecule has 0 N–H and O–H groups in total. The summed E-state index contributed by atoms with van der Waals surface area (Å²) in [5.74, 6) is 0.935. The summed E-state index contributed by atoms with van der Waals surface area (Å²) in [4.78, 5) is 0. The Balaban J connectivity index is 0.000000241. The monoisotopic (exact) mass is 282 g/mol. The van der Waals surface area contributed by atoms with Gasteiger partial charge in [-0.3, -0.25) is 0 Å². The van der Waals surface area contributed by atoms with Crippen LogP contribution in [0.2, 0.25) is 0 Å². The Morgan fingerprint density at radius 1 is 0.889 bits per heavy atom. The maximum atomic E-state index is 2.28. The van der Waals surface area contributed by atoms with Gasteiger partial charge in [-0.15, -0.1) is 0 Å². The van der Waals surface area contributed by atoms with E-state index in [-0.39, 0.29) is 0 Å². The summed E-state index contributed by atoms with van der Waals surface area (Å²) in [6, 6.07) is 4.20. The first-order chi connectivity index (χ1) is 8.60. The van der Waals surface area contributed by atoms with Crippen molar-refractivity contribution >= 4 is 22.7 Å². The van der Waals surface area contributed by atoms with Gasteiger partial charge in [-0.1, -0.05) is 33.6 Å². The molecule has 0 aliphatic carbocycles. The van der Waals surface area contributed by atoms with Gasteiger partial charge in [0.25, 0.3) is 0 Å². The van der Waals surface area contributed by atoms with Crippen LogP contribution in [-0.4, -0.2) is 0 Å². The highest BCUT2D eigenvalue weighted by atomic mass is 32.1. The fourth-order valence-corrected chi connectivity index (χ4v) is 2.28. The smallest absolute Gasteiger partial charge is 0.00641 e. The summed E-state index contributed by atoms with van der Waals surface area (Å²) in [5.41, 5.74) is 2.72. The van der Waals surface area contributed by atoms with Gasteiger partial charge in [0.2, 0.25) is 0 Å². The summed E-state index contributed by atoms with van der Waals surface area (Å²) in [7, 11) is 0. The Kier molecular flexibility index (Phi) is 11.1. The van der Waals surface area contributed by atoms with Crippen LogP contribution in [0.15, 0.2) is 33.7 Å². The predicted molar refractivity (Wildman–Crippen MR) is 87.9 cm³/mol. The molecule has 0 nitrogen and oxygen atoms in total. The largest absolute Gasteiger partial charge is 0.152 e. The number of hydrogen-bond acceptors (Lipinski definition) is 2. The van der Waals surface area contributed by atoms with Crippen LogP contribution in [0.25, 0.3) is 0 Å². The van der Waals surface area contributed by atoms with E-state index in [2.05, 4.69) is 68.3 Å². The summed E-state index contributed by atoms with van der Waals surface area (Å²) in [6.07, 6.45) is 2.66. The minimum Gasteiger partial charge on any atom is -0.152 e. The molecule has 2 aromatic rings. The number of hydrogen-bond donors (Lipinski definition) is 0. The van der Waals surface area contributed by atoms with Crippen molar-refractivity contribution in [1.29, 1.82) is 0 Å². The Bertz CT molecular complexity index is 310. The molecule has 0 saturated carbocycles. The van der Waals surface area contributed by atoms with E-state index >= 15 is 0 Å². The Morgan fingerprint density at radius 2 is 1.28 bits per heavy atom. The number of rotatable bonds is 2. The Morgan fingerprint density at radius 3 is 1.33 bits per heavy atom. The fraction of sp³-hybridized carbons (Fsp3) is 0.500. The van der Waals surface area contributed by atoms with E-state index in [9.17, 15) is 0 Å². The van der Waals surface area contributed by atoms with E-state index in [1.54, 1.807) is 22.7 Å². The topological polar surface area (TPSA) is 0 Å². The molecule has 2 heterocycles. The lowest BCUT2D eigenvalue weighted by Crippen LogP contribution is -1.85. The van der Waals surface area contributed by atoms with Gasteiger partial charge in [0.05, 0.1) is 0 Å². The minimum absolute atomic E-state index is 0.935. The molecular formula is C16H26S2. The third-order valence-electron chi connectivity index (χ3n) is 2.72. The van der Waals surface area contributed by atoms with Gasteiger partial charge >= 0.3 is 0 Å². The lowest BCUT2D eigenvalue weighted by molar-refractivity contribution is 0.544.